The first-order valence-corrected chi connectivity index (χ1v) is 4.63. The number of carbonyl (C=O) groups is 2. The van der Waals surface area contributed by atoms with E-state index in [9.17, 15) is 9.59 Å². The molecule has 6 heteroatoms. The molecule has 0 aromatic heterocycles. The summed E-state index contributed by atoms with van der Waals surface area (Å²) in [5.41, 5.74) is -0.364. The average molecular weight is 240 g/mol. The maximum absolute atomic E-state index is 11.4. The number of rotatable bonds is 4. The van der Waals surface area contributed by atoms with E-state index in [1.807, 2.05) is 0 Å². The molecule has 0 spiro atoms. The molecular formula is C11H12O6. The lowest BCUT2D eigenvalue weighted by Crippen LogP contribution is -2.12. The maximum Gasteiger partial charge on any atom is 0.340 e. The molecule has 0 aliphatic rings. The second kappa shape index (κ2) is 5.20. The van der Waals surface area contributed by atoms with Crippen LogP contribution < -0.4 is 9.47 Å². The molecule has 92 valence electrons. The molecule has 0 unspecified atom stereocenters. The smallest absolute Gasteiger partial charge is 0.340 e. The number of carbonyl (C=O) groups excluding carboxylic acids is 1. The summed E-state index contributed by atoms with van der Waals surface area (Å²) in [5, 5.41) is 9.10. The molecule has 0 bridgehead atoms. The van der Waals surface area contributed by atoms with Crippen LogP contribution in [0.15, 0.2) is 12.1 Å². The summed E-state index contributed by atoms with van der Waals surface area (Å²) >= 11 is 0. The normalized spacial score (nSPS) is 9.59. The molecule has 0 saturated carbocycles. The molecule has 0 aliphatic heterocycles. The molecular weight excluding hydrogens is 228 g/mol. The Labute approximate surface area is 97.7 Å². The van der Waals surface area contributed by atoms with Crippen LogP contribution in [-0.2, 0) is 4.74 Å². The number of methoxy groups -OCH3 is 3. The lowest BCUT2D eigenvalue weighted by atomic mass is 10.1. The van der Waals surface area contributed by atoms with Gasteiger partial charge in [0.2, 0.25) is 0 Å². The van der Waals surface area contributed by atoms with Gasteiger partial charge in [0, 0.05) is 0 Å². The van der Waals surface area contributed by atoms with E-state index in [0.717, 1.165) is 0 Å². The van der Waals surface area contributed by atoms with E-state index in [0.29, 0.717) is 0 Å². The Kier molecular flexibility index (Phi) is 3.92. The van der Waals surface area contributed by atoms with Gasteiger partial charge in [-0.05, 0) is 12.1 Å². The molecule has 0 aliphatic carbocycles. The lowest BCUT2D eigenvalue weighted by Gasteiger charge is -2.12. The number of hydrogen-bond acceptors (Lipinski definition) is 5. The monoisotopic (exact) mass is 240 g/mol. The van der Waals surface area contributed by atoms with Crippen molar-refractivity contribution in [3.05, 3.63) is 23.3 Å². The molecule has 1 rings (SSSR count). The largest absolute Gasteiger partial charge is 0.493 e. The van der Waals surface area contributed by atoms with Crippen LogP contribution in [0.1, 0.15) is 20.7 Å². The lowest BCUT2D eigenvalue weighted by molar-refractivity contribution is 0.0580. The van der Waals surface area contributed by atoms with Crippen LogP contribution in [-0.4, -0.2) is 38.4 Å². The highest BCUT2D eigenvalue weighted by Gasteiger charge is 2.25. The number of carboxylic acids is 1. The third kappa shape index (κ3) is 2.30. The van der Waals surface area contributed by atoms with E-state index in [-0.39, 0.29) is 22.6 Å². The van der Waals surface area contributed by atoms with Crippen molar-refractivity contribution in [3.8, 4) is 11.5 Å². The molecule has 17 heavy (non-hydrogen) atoms. The molecule has 1 aromatic rings. The first-order chi connectivity index (χ1) is 8.06. The fourth-order valence-corrected chi connectivity index (χ4v) is 1.42. The van der Waals surface area contributed by atoms with Crippen LogP contribution >= 0.6 is 0 Å². The Morgan fingerprint density at radius 3 is 2.18 bits per heavy atom. The zero-order valence-electron chi connectivity index (χ0n) is 9.64. The third-order valence-electron chi connectivity index (χ3n) is 2.16. The molecule has 0 radical (unpaired) electrons. The molecule has 1 aromatic carbocycles. The van der Waals surface area contributed by atoms with Crippen molar-refractivity contribution in [2.45, 2.75) is 0 Å². The summed E-state index contributed by atoms with van der Waals surface area (Å²) in [5.74, 6) is -1.81. The zero-order valence-corrected chi connectivity index (χ0v) is 9.64. The summed E-state index contributed by atoms with van der Waals surface area (Å²) in [4.78, 5) is 22.6. The second-order valence-corrected chi connectivity index (χ2v) is 3.02. The SMILES string of the molecule is COC(=O)c1ccc(OC)c(OC)c1C(=O)O. The minimum absolute atomic E-state index is 0.0112. The highest BCUT2D eigenvalue weighted by Crippen LogP contribution is 2.33. The van der Waals surface area contributed by atoms with Gasteiger partial charge in [-0.1, -0.05) is 0 Å². The van der Waals surface area contributed by atoms with Crippen molar-refractivity contribution >= 4 is 11.9 Å². The summed E-state index contributed by atoms with van der Waals surface area (Å²) in [6, 6.07) is 2.76. The van der Waals surface area contributed by atoms with E-state index in [4.69, 9.17) is 14.6 Å². The van der Waals surface area contributed by atoms with Crippen LogP contribution in [0.5, 0.6) is 11.5 Å². The van der Waals surface area contributed by atoms with E-state index in [1.54, 1.807) is 0 Å². The number of hydrogen-bond donors (Lipinski definition) is 1. The minimum atomic E-state index is -1.29. The van der Waals surface area contributed by atoms with Crippen molar-refractivity contribution in [3.63, 3.8) is 0 Å². The van der Waals surface area contributed by atoms with Gasteiger partial charge in [0.15, 0.2) is 11.5 Å². The van der Waals surface area contributed by atoms with Gasteiger partial charge in [-0.15, -0.1) is 0 Å². The molecule has 0 fully saturated rings. The summed E-state index contributed by atoms with van der Waals surface area (Å²) < 4.78 is 14.4. The summed E-state index contributed by atoms with van der Waals surface area (Å²) in [6.45, 7) is 0. The van der Waals surface area contributed by atoms with Gasteiger partial charge in [0.1, 0.15) is 5.56 Å². The molecule has 0 saturated heterocycles. The topological polar surface area (TPSA) is 82.1 Å². The molecule has 0 amide bonds. The average Bonchev–Trinajstić information content (AvgIpc) is 2.35. The van der Waals surface area contributed by atoms with E-state index in [2.05, 4.69) is 4.74 Å². The van der Waals surface area contributed by atoms with Gasteiger partial charge < -0.3 is 19.3 Å². The number of benzene rings is 1. The van der Waals surface area contributed by atoms with Crippen molar-refractivity contribution in [1.82, 2.24) is 0 Å². The van der Waals surface area contributed by atoms with Crippen LogP contribution in [0.2, 0.25) is 0 Å². The van der Waals surface area contributed by atoms with Gasteiger partial charge in [0.25, 0.3) is 0 Å². The van der Waals surface area contributed by atoms with Gasteiger partial charge in [-0.2, -0.15) is 0 Å². The predicted molar refractivity (Wildman–Crippen MR) is 57.8 cm³/mol. The van der Waals surface area contributed by atoms with Gasteiger partial charge >= 0.3 is 11.9 Å². The highest BCUT2D eigenvalue weighted by molar-refractivity contribution is 6.05. The molecule has 0 heterocycles. The molecule has 0 atom stereocenters. The van der Waals surface area contributed by atoms with Crippen LogP contribution in [0, 0.1) is 0 Å². The quantitative estimate of drug-likeness (QED) is 0.796. The maximum atomic E-state index is 11.4. The van der Waals surface area contributed by atoms with Gasteiger partial charge in [-0.3, -0.25) is 0 Å². The number of carboxylic acid groups (broad SMARTS) is 1. The molecule has 6 nitrogen and oxygen atoms in total. The predicted octanol–water partition coefficient (Wildman–Crippen LogP) is 1.19. The van der Waals surface area contributed by atoms with E-state index >= 15 is 0 Å². The van der Waals surface area contributed by atoms with Gasteiger partial charge in [-0.25, -0.2) is 9.59 Å². The van der Waals surface area contributed by atoms with Crippen molar-refractivity contribution in [2.75, 3.05) is 21.3 Å². The van der Waals surface area contributed by atoms with Crippen LogP contribution in [0.3, 0.4) is 0 Å². The first kappa shape index (κ1) is 12.8. The molecule has 1 N–H and O–H groups in total. The number of esters is 1. The summed E-state index contributed by atoms with van der Waals surface area (Å²) in [6.07, 6.45) is 0. The van der Waals surface area contributed by atoms with Crippen LogP contribution in [0.25, 0.3) is 0 Å². The number of ether oxygens (including phenoxy) is 3. The Bertz CT molecular complexity index is 452. The second-order valence-electron chi connectivity index (χ2n) is 3.02. The zero-order chi connectivity index (χ0) is 13.0. The Morgan fingerprint density at radius 2 is 1.76 bits per heavy atom. The fraction of sp³-hybridized carbons (Fsp3) is 0.273. The highest BCUT2D eigenvalue weighted by atomic mass is 16.5. The Morgan fingerprint density at radius 1 is 1.12 bits per heavy atom. The standard InChI is InChI=1S/C11H12O6/c1-15-7-5-4-6(11(14)17-3)8(10(12)13)9(7)16-2/h4-5H,1-3H3,(H,12,13). The summed E-state index contributed by atoms with van der Waals surface area (Å²) in [7, 11) is 3.84. The fourth-order valence-electron chi connectivity index (χ4n) is 1.42. The van der Waals surface area contributed by atoms with Gasteiger partial charge in [0.05, 0.1) is 26.9 Å². The van der Waals surface area contributed by atoms with Crippen molar-refractivity contribution < 1.29 is 28.9 Å². The first-order valence-electron chi connectivity index (χ1n) is 4.63. The third-order valence-corrected chi connectivity index (χ3v) is 2.16. The number of aromatic carboxylic acids is 1. The van der Waals surface area contributed by atoms with E-state index in [1.165, 1.54) is 33.5 Å². The van der Waals surface area contributed by atoms with Crippen molar-refractivity contribution in [2.24, 2.45) is 0 Å². The van der Waals surface area contributed by atoms with Crippen molar-refractivity contribution in [1.29, 1.82) is 0 Å². The Hall–Kier alpha value is -2.24. The Balaban J connectivity index is 3.53. The minimum Gasteiger partial charge on any atom is -0.493 e. The van der Waals surface area contributed by atoms with Crippen LogP contribution in [0.4, 0.5) is 0 Å². The van der Waals surface area contributed by atoms with E-state index < -0.39 is 11.9 Å².